The number of halogens is 2. The number of benzene rings is 2. The topological polar surface area (TPSA) is 39.2 Å². The lowest BCUT2D eigenvalue weighted by molar-refractivity contribution is 0.631. The molecule has 2 N–H and O–H groups in total. The maximum absolute atomic E-state index is 6.26. The summed E-state index contributed by atoms with van der Waals surface area (Å²) in [5.74, 6) is 0.764. The van der Waals surface area contributed by atoms with Gasteiger partial charge in [0.15, 0.2) is 0 Å². The van der Waals surface area contributed by atoms with Gasteiger partial charge < -0.3 is 10.2 Å². The van der Waals surface area contributed by atoms with Gasteiger partial charge in [0.1, 0.15) is 11.3 Å². The minimum Gasteiger partial charge on any atom is -0.456 e. The van der Waals surface area contributed by atoms with Crippen molar-refractivity contribution in [2.24, 2.45) is 5.73 Å². The third-order valence-corrected chi connectivity index (χ3v) is 3.82. The SMILES string of the molecule is CC(N)c1ccc(-c2cc3cc(Cl)ccc3o2)cc1Cl. The first-order valence-electron chi connectivity index (χ1n) is 6.29. The molecule has 0 spiro atoms. The Morgan fingerprint density at radius 2 is 1.85 bits per heavy atom. The molecule has 0 saturated carbocycles. The van der Waals surface area contributed by atoms with Gasteiger partial charge in [-0.3, -0.25) is 0 Å². The second-order valence-corrected chi connectivity index (χ2v) is 5.66. The maximum Gasteiger partial charge on any atom is 0.135 e. The molecular formula is C16H13Cl2NO. The van der Waals surface area contributed by atoms with Crippen molar-refractivity contribution in [2.75, 3.05) is 0 Å². The predicted octanol–water partition coefficient (Wildman–Crippen LogP) is 5.43. The van der Waals surface area contributed by atoms with Crippen LogP contribution >= 0.6 is 23.2 Å². The van der Waals surface area contributed by atoms with Crippen molar-refractivity contribution in [1.29, 1.82) is 0 Å². The molecule has 102 valence electrons. The second-order valence-electron chi connectivity index (χ2n) is 4.82. The first-order valence-corrected chi connectivity index (χ1v) is 7.04. The quantitative estimate of drug-likeness (QED) is 0.686. The fourth-order valence-electron chi connectivity index (χ4n) is 2.21. The van der Waals surface area contributed by atoms with E-state index >= 15 is 0 Å². The fourth-order valence-corrected chi connectivity index (χ4v) is 2.74. The lowest BCUT2D eigenvalue weighted by atomic mass is 10.1. The summed E-state index contributed by atoms with van der Waals surface area (Å²) < 4.78 is 5.82. The minimum absolute atomic E-state index is 0.0916. The maximum atomic E-state index is 6.26. The van der Waals surface area contributed by atoms with Crippen LogP contribution in [0.3, 0.4) is 0 Å². The molecule has 1 atom stereocenters. The van der Waals surface area contributed by atoms with E-state index in [-0.39, 0.29) is 6.04 Å². The van der Waals surface area contributed by atoms with E-state index in [1.165, 1.54) is 0 Å². The molecule has 0 aliphatic carbocycles. The Balaban J connectivity index is 2.08. The molecule has 0 amide bonds. The Labute approximate surface area is 127 Å². The van der Waals surface area contributed by atoms with Crippen LogP contribution < -0.4 is 5.73 Å². The average molecular weight is 306 g/mol. The number of rotatable bonds is 2. The number of hydrogen-bond acceptors (Lipinski definition) is 2. The van der Waals surface area contributed by atoms with Crippen LogP contribution in [0.5, 0.6) is 0 Å². The van der Waals surface area contributed by atoms with Gasteiger partial charge in [-0.25, -0.2) is 0 Å². The molecule has 1 unspecified atom stereocenters. The van der Waals surface area contributed by atoms with Crippen molar-refractivity contribution < 1.29 is 4.42 Å². The molecule has 3 rings (SSSR count). The van der Waals surface area contributed by atoms with E-state index < -0.39 is 0 Å². The largest absolute Gasteiger partial charge is 0.456 e. The predicted molar refractivity (Wildman–Crippen MR) is 84.3 cm³/mol. The van der Waals surface area contributed by atoms with Crippen molar-refractivity contribution in [2.45, 2.75) is 13.0 Å². The molecule has 3 aromatic rings. The fraction of sp³-hybridized carbons (Fsp3) is 0.125. The summed E-state index contributed by atoms with van der Waals surface area (Å²) in [6.45, 7) is 1.91. The van der Waals surface area contributed by atoms with Crippen LogP contribution in [-0.2, 0) is 0 Å². The van der Waals surface area contributed by atoms with Crippen LogP contribution in [0.2, 0.25) is 10.0 Å². The Bertz CT molecular complexity index is 777. The summed E-state index contributed by atoms with van der Waals surface area (Å²) in [6.07, 6.45) is 0. The number of nitrogens with two attached hydrogens (primary N) is 1. The van der Waals surface area contributed by atoms with E-state index in [0.29, 0.717) is 10.0 Å². The van der Waals surface area contributed by atoms with Gasteiger partial charge in [0.05, 0.1) is 0 Å². The molecule has 20 heavy (non-hydrogen) atoms. The van der Waals surface area contributed by atoms with Crippen molar-refractivity contribution in [3.05, 3.63) is 58.1 Å². The van der Waals surface area contributed by atoms with Crippen LogP contribution in [0.4, 0.5) is 0 Å². The molecule has 4 heteroatoms. The lowest BCUT2D eigenvalue weighted by Gasteiger charge is -2.08. The number of furan rings is 1. The Morgan fingerprint density at radius 3 is 2.55 bits per heavy atom. The Hall–Kier alpha value is -1.48. The van der Waals surface area contributed by atoms with Crippen LogP contribution in [-0.4, -0.2) is 0 Å². The van der Waals surface area contributed by atoms with Crippen LogP contribution in [0.15, 0.2) is 46.9 Å². The number of hydrogen-bond donors (Lipinski definition) is 1. The van der Waals surface area contributed by atoms with Crippen molar-refractivity contribution in [1.82, 2.24) is 0 Å². The highest BCUT2D eigenvalue weighted by molar-refractivity contribution is 6.32. The summed E-state index contributed by atoms with van der Waals surface area (Å²) >= 11 is 12.2. The first-order chi connectivity index (χ1) is 9.54. The summed E-state index contributed by atoms with van der Waals surface area (Å²) in [4.78, 5) is 0. The smallest absolute Gasteiger partial charge is 0.135 e. The van der Waals surface area contributed by atoms with Gasteiger partial charge in [0.25, 0.3) is 0 Å². The standard InChI is InChI=1S/C16H13Cl2NO/c1-9(19)13-4-2-10(7-14(13)18)16-8-11-6-12(17)3-5-15(11)20-16/h2-9H,19H2,1H3. The molecule has 0 aliphatic rings. The highest BCUT2D eigenvalue weighted by atomic mass is 35.5. The molecule has 0 radical (unpaired) electrons. The van der Waals surface area contributed by atoms with Gasteiger partial charge in [-0.2, -0.15) is 0 Å². The summed E-state index contributed by atoms with van der Waals surface area (Å²) in [7, 11) is 0. The van der Waals surface area contributed by atoms with Gasteiger partial charge in [-0.1, -0.05) is 35.3 Å². The molecule has 0 aliphatic heterocycles. The second kappa shape index (κ2) is 5.13. The third-order valence-electron chi connectivity index (χ3n) is 3.25. The third kappa shape index (κ3) is 2.42. The summed E-state index contributed by atoms with van der Waals surface area (Å²) in [5.41, 5.74) is 8.51. The zero-order valence-electron chi connectivity index (χ0n) is 10.9. The minimum atomic E-state index is -0.0916. The highest BCUT2D eigenvalue weighted by Gasteiger charge is 2.10. The van der Waals surface area contributed by atoms with E-state index in [1.54, 1.807) is 0 Å². The van der Waals surface area contributed by atoms with Gasteiger partial charge in [-0.05, 0) is 42.8 Å². The summed E-state index contributed by atoms with van der Waals surface area (Å²) in [5, 5.41) is 2.31. The Kier molecular flexibility index (Phi) is 3.47. The van der Waals surface area contributed by atoms with Crippen LogP contribution in [0, 0.1) is 0 Å². The van der Waals surface area contributed by atoms with Gasteiger partial charge >= 0.3 is 0 Å². The first kappa shape index (κ1) is 13.5. The molecule has 2 aromatic carbocycles. The molecule has 0 bridgehead atoms. The van der Waals surface area contributed by atoms with E-state index in [9.17, 15) is 0 Å². The normalized spacial score (nSPS) is 12.8. The monoisotopic (exact) mass is 305 g/mol. The van der Waals surface area contributed by atoms with E-state index in [4.69, 9.17) is 33.4 Å². The molecule has 2 nitrogen and oxygen atoms in total. The number of fused-ring (bicyclic) bond motifs is 1. The average Bonchev–Trinajstić information content (AvgIpc) is 2.81. The molecule has 0 fully saturated rings. The van der Waals surface area contributed by atoms with Gasteiger partial charge in [0, 0.05) is 27.0 Å². The summed E-state index contributed by atoms with van der Waals surface area (Å²) in [6, 6.07) is 13.2. The molecular weight excluding hydrogens is 293 g/mol. The van der Waals surface area contributed by atoms with E-state index in [2.05, 4.69) is 0 Å². The zero-order valence-corrected chi connectivity index (χ0v) is 12.4. The van der Waals surface area contributed by atoms with Crippen LogP contribution in [0.25, 0.3) is 22.3 Å². The zero-order chi connectivity index (χ0) is 14.3. The molecule has 1 heterocycles. The lowest BCUT2D eigenvalue weighted by Crippen LogP contribution is -2.05. The van der Waals surface area contributed by atoms with Crippen molar-refractivity contribution in [3.63, 3.8) is 0 Å². The highest BCUT2D eigenvalue weighted by Crippen LogP contribution is 2.32. The van der Waals surface area contributed by atoms with E-state index in [0.717, 1.165) is 27.9 Å². The van der Waals surface area contributed by atoms with Crippen LogP contribution in [0.1, 0.15) is 18.5 Å². The van der Waals surface area contributed by atoms with Gasteiger partial charge in [-0.15, -0.1) is 0 Å². The Morgan fingerprint density at radius 1 is 1.05 bits per heavy atom. The van der Waals surface area contributed by atoms with E-state index in [1.807, 2.05) is 49.4 Å². The van der Waals surface area contributed by atoms with Gasteiger partial charge in [0.2, 0.25) is 0 Å². The van der Waals surface area contributed by atoms with Crippen molar-refractivity contribution >= 4 is 34.2 Å². The molecule has 0 saturated heterocycles. The van der Waals surface area contributed by atoms with Crippen molar-refractivity contribution in [3.8, 4) is 11.3 Å². The molecule has 1 aromatic heterocycles.